The molecule has 68 valence electrons. The number of hydrogen-bond donors (Lipinski definition) is 0. The van der Waals surface area contributed by atoms with Gasteiger partial charge in [-0.2, -0.15) is 0 Å². The normalized spacial score (nSPS) is 15.8. The molecule has 0 aliphatic heterocycles. The number of allylic oxidation sites excluding steroid dienone is 1. The van der Waals surface area contributed by atoms with Gasteiger partial charge in [0.25, 0.3) is 0 Å². The number of benzene rings is 1. The van der Waals surface area contributed by atoms with Gasteiger partial charge < -0.3 is 0 Å². The first-order valence-corrected chi connectivity index (χ1v) is 5.08. The van der Waals surface area contributed by atoms with E-state index in [1.807, 2.05) is 18.2 Å². The van der Waals surface area contributed by atoms with E-state index in [2.05, 4.69) is 6.58 Å². The van der Waals surface area contributed by atoms with Crippen LogP contribution in [0, 0.1) is 5.92 Å². The molecule has 0 saturated heterocycles. The molecule has 1 saturated carbocycles. The van der Waals surface area contributed by atoms with Gasteiger partial charge in [0, 0.05) is 0 Å². The molecule has 1 aromatic rings. The summed E-state index contributed by atoms with van der Waals surface area (Å²) in [5.41, 5.74) is 2.32. The van der Waals surface area contributed by atoms with Crippen LogP contribution in [0.15, 0.2) is 24.8 Å². The highest BCUT2D eigenvalue weighted by molar-refractivity contribution is 6.42. The van der Waals surface area contributed by atoms with Gasteiger partial charge in [0.15, 0.2) is 0 Å². The molecule has 0 nitrogen and oxygen atoms in total. The van der Waals surface area contributed by atoms with Gasteiger partial charge in [0.05, 0.1) is 10.0 Å². The third-order valence-corrected chi connectivity index (χ3v) is 3.10. The lowest BCUT2D eigenvalue weighted by Crippen LogP contribution is -1.84. The number of rotatable bonds is 2. The highest BCUT2D eigenvalue weighted by Crippen LogP contribution is 2.41. The molecule has 0 N–H and O–H groups in total. The predicted molar refractivity (Wildman–Crippen MR) is 58.2 cm³/mol. The Kier molecular flexibility index (Phi) is 2.35. The Hall–Kier alpha value is -0.460. The van der Waals surface area contributed by atoms with E-state index in [0.717, 1.165) is 5.56 Å². The molecule has 2 rings (SSSR count). The fraction of sp³-hybridized carbons (Fsp3) is 0.273. The molecule has 0 heterocycles. The first-order chi connectivity index (χ1) is 6.18. The van der Waals surface area contributed by atoms with Crippen molar-refractivity contribution in [1.29, 1.82) is 0 Å². The summed E-state index contributed by atoms with van der Waals surface area (Å²) >= 11 is 11.7. The fourth-order valence-corrected chi connectivity index (χ4v) is 1.66. The van der Waals surface area contributed by atoms with E-state index in [-0.39, 0.29) is 0 Å². The minimum absolute atomic E-state index is 0.606. The summed E-state index contributed by atoms with van der Waals surface area (Å²) in [7, 11) is 0. The Bertz CT molecular complexity index is 351. The van der Waals surface area contributed by atoms with Crippen LogP contribution in [0.3, 0.4) is 0 Å². The molecule has 1 aliphatic carbocycles. The van der Waals surface area contributed by atoms with Crippen LogP contribution in [0.1, 0.15) is 18.4 Å². The Morgan fingerprint density at radius 1 is 1.23 bits per heavy atom. The predicted octanol–water partition coefficient (Wildman–Crippen LogP) is 4.42. The van der Waals surface area contributed by atoms with Gasteiger partial charge in [-0.15, -0.1) is 0 Å². The van der Waals surface area contributed by atoms with Crippen molar-refractivity contribution < 1.29 is 0 Å². The topological polar surface area (TPSA) is 0 Å². The summed E-state index contributed by atoms with van der Waals surface area (Å²) in [5, 5.41) is 1.22. The van der Waals surface area contributed by atoms with Crippen molar-refractivity contribution in [3.8, 4) is 0 Å². The van der Waals surface area contributed by atoms with Crippen molar-refractivity contribution in [3.05, 3.63) is 40.4 Å². The standard InChI is InChI=1S/C11H10Cl2/c1-7(8-2-3-8)9-4-5-10(12)11(13)6-9/h4-6,8H,1-3H2. The Morgan fingerprint density at radius 2 is 1.92 bits per heavy atom. The molecule has 0 aromatic heterocycles. The van der Waals surface area contributed by atoms with Crippen LogP contribution < -0.4 is 0 Å². The van der Waals surface area contributed by atoms with Gasteiger partial charge in [-0.05, 0) is 42.0 Å². The maximum absolute atomic E-state index is 5.91. The highest BCUT2D eigenvalue weighted by Gasteiger charge is 2.25. The van der Waals surface area contributed by atoms with Crippen molar-refractivity contribution in [2.75, 3.05) is 0 Å². The molecular formula is C11H10Cl2. The van der Waals surface area contributed by atoms with E-state index in [1.54, 1.807) is 0 Å². The summed E-state index contributed by atoms with van der Waals surface area (Å²) in [5.74, 6) is 0.678. The van der Waals surface area contributed by atoms with Crippen LogP contribution in [-0.4, -0.2) is 0 Å². The number of halogens is 2. The van der Waals surface area contributed by atoms with Crippen LogP contribution in [0.25, 0.3) is 5.57 Å². The van der Waals surface area contributed by atoms with Crippen LogP contribution in [0.2, 0.25) is 10.0 Å². The van der Waals surface area contributed by atoms with E-state index in [9.17, 15) is 0 Å². The van der Waals surface area contributed by atoms with Crippen molar-refractivity contribution in [2.45, 2.75) is 12.8 Å². The van der Waals surface area contributed by atoms with Crippen molar-refractivity contribution in [3.63, 3.8) is 0 Å². The summed E-state index contributed by atoms with van der Waals surface area (Å²) in [6.45, 7) is 4.06. The van der Waals surface area contributed by atoms with Crippen LogP contribution in [0.5, 0.6) is 0 Å². The van der Waals surface area contributed by atoms with Gasteiger partial charge in [-0.1, -0.05) is 35.8 Å². The molecule has 0 bridgehead atoms. The molecular weight excluding hydrogens is 203 g/mol. The summed E-state index contributed by atoms with van der Waals surface area (Å²) < 4.78 is 0. The zero-order valence-electron chi connectivity index (χ0n) is 7.19. The quantitative estimate of drug-likeness (QED) is 0.682. The summed E-state index contributed by atoms with van der Waals surface area (Å²) in [6.07, 6.45) is 2.53. The molecule has 1 aromatic carbocycles. The molecule has 0 spiro atoms. The third-order valence-electron chi connectivity index (χ3n) is 2.36. The van der Waals surface area contributed by atoms with E-state index in [0.29, 0.717) is 16.0 Å². The van der Waals surface area contributed by atoms with Gasteiger partial charge in [0.1, 0.15) is 0 Å². The average Bonchev–Trinajstić information content (AvgIpc) is 2.91. The van der Waals surface area contributed by atoms with Crippen LogP contribution in [-0.2, 0) is 0 Å². The minimum Gasteiger partial charge on any atom is -0.0950 e. The molecule has 2 heteroatoms. The molecule has 1 fully saturated rings. The molecule has 13 heavy (non-hydrogen) atoms. The lowest BCUT2D eigenvalue weighted by atomic mass is 10.0. The number of hydrogen-bond acceptors (Lipinski definition) is 0. The van der Waals surface area contributed by atoms with E-state index < -0.39 is 0 Å². The zero-order chi connectivity index (χ0) is 9.42. The maximum Gasteiger partial charge on any atom is 0.0598 e. The maximum atomic E-state index is 5.91. The van der Waals surface area contributed by atoms with E-state index >= 15 is 0 Å². The van der Waals surface area contributed by atoms with Gasteiger partial charge >= 0.3 is 0 Å². The fourth-order valence-electron chi connectivity index (χ4n) is 1.36. The summed E-state index contributed by atoms with van der Waals surface area (Å²) in [4.78, 5) is 0. The smallest absolute Gasteiger partial charge is 0.0598 e. The minimum atomic E-state index is 0.606. The van der Waals surface area contributed by atoms with Crippen molar-refractivity contribution in [1.82, 2.24) is 0 Å². The Balaban J connectivity index is 2.30. The SMILES string of the molecule is C=C(c1ccc(Cl)c(Cl)c1)C1CC1. The molecule has 0 atom stereocenters. The van der Waals surface area contributed by atoms with Gasteiger partial charge in [-0.3, -0.25) is 0 Å². The second-order valence-electron chi connectivity index (χ2n) is 3.43. The van der Waals surface area contributed by atoms with E-state index in [1.165, 1.54) is 18.4 Å². The first kappa shape index (κ1) is 9.11. The molecule has 0 unspecified atom stereocenters. The molecule has 0 radical (unpaired) electrons. The van der Waals surface area contributed by atoms with Gasteiger partial charge in [-0.25, -0.2) is 0 Å². The monoisotopic (exact) mass is 212 g/mol. The Labute approximate surface area is 88.2 Å². The second kappa shape index (κ2) is 3.36. The largest absolute Gasteiger partial charge is 0.0950 e. The third kappa shape index (κ3) is 1.90. The average molecular weight is 213 g/mol. The van der Waals surface area contributed by atoms with Crippen molar-refractivity contribution in [2.24, 2.45) is 5.92 Å². The van der Waals surface area contributed by atoms with Crippen molar-refractivity contribution >= 4 is 28.8 Å². The molecule has 1 aliphatic rings. The lowest BCUT2D eigenvalue weighted by Gasteiger charge is -2.04. The molecule has 0 amide bonds. The van der Waals surface area contributed by atoms with Crippen LogP contribution >= 0.6 is 23.2 Å². The Morgan fingerprint density at radius 3 is 2.46 bits per heavy atom. The van der Waals surface area contributed by atoms with Crippen LogP contribution in [0.4, 0.5) is 0 Å². The lowest BCUT2D eigenvalue weighted by molar-refractivity contribution is 1.15. The first-order valence-electron chi connectivity index (χ1n) is 4.32. The second-order valence-corrected chi connectivity index (χ2v) is 4.24. The van der Waals surface area contributed by atoms with Gasteiger partial charge in [0.2, 0.25) is 0 Å². The summed E-state index contributed by atoms with van der Waals surface area (Å²) in [6, 6.07) is 5.70. The highest BCUT2D eigenvalue weighted by atomic mass is 35.5. The zero-order valence-corrected chi connectivity index (χ0v) is 8.70. The van der Waals surface area contributed by atoms with E-state index in [4.69, 9.17) is 23.2 Å².